The van der Waals surface area contributed by atoms with Crippen LogP contribution in [0.4, 0.5) is 4.39 Å². The highest BCUT2D eigenvalue weighted by molar-refractivity contribution is 6.02. The number of rotatable bonds is 3. The SMILES string of the molecule is CC1=CC(Cc2nc3cnc4ccc(C#N)cc4c3n2[C@H]2CC[C@@H](F)C2)NO1. The Balaban J connectivity index is 1.72. The molecule has 0 amide bonds. The second-order valence-electron chi connectivity index (χ2n) is 7.61. The summed E-state index contributed by atoms with van der Waals surface area (Å²) in [6.07, 6.45) is 5.49. The van der Waals surface area contributed by atoms with E-state index in [4.69, 9.17) is 9.82 Å². The third kappa shape index (κ3) is 2.81. The van der Waals surface area contributed by atoms with Gasteiger partial charge in [-0.05, 0) is 50.5 Å². The van der Waals surface area contributed by atoms with Gasteiger partial charge in [0.2, 0.25) is 0 Å². The van der Waals surface area contributed by atoms with Gasteiger partial charge in [-0.15, -0.1) is 5.48 Å². The Morgan fingerprint density at radius 1 is 1.36 bits per heavy atom. The van der Waals surface area contributed by atoms with Crippen molar-refractivity contribution >= 4 is 21.9 Å². The fourth-order valence-corrected chi connectivity index (χ4v) is 4.39. The van der Waals surface area contributed by atoms with Gasteiger partial charge in [0, 0.05) is 17.8 Å². The lowest BCUT2D eigenvalue weighted by molar-refractivity contribution is 0.117. The van der Waals surface area contributed by atoms with Crippen LogP contribution in [0.3, 0.4) is 0 Å². The number of nitriles is 1. The van der Waals surface area contributed by atoms with Gasteiger partial charge in [-0.1, -0.05) is 0 Å². The number of alkyl halides is 1. The molecule has 1 fully saturated rings. The van der Waals surface area contributed by atoms with E-state index in [0.29, 0.717) is 24.8 Å². The number of fused-ring (bicyclic) bond motifs is 3. The van der Waals surface area contributed by atoms with E-state index in [1.165, 1.54) is 0 Å². The van der Waals surface area contributed by atoms with Crippen LogP contribution in [0.15, 0.2) is 36.2 Å². The number of benzene rings is 1. The quantitative estimate of drug-likeness (QED) is 0.750. The summed E-state index contributed by atoms with van der Waals surface area (Å²) in [6, 6.07) is 7.75. The van der Waals surface area contributed by atoms with Gasteiger partial charge >= 0.3 is 0 Å². The van der Waals surface area contributed by atoms with Crippen molar-refractivity contribution in [3.05, 3.63) is 47.6 Å². The predicted molar refractivity (Wildman–Crippen MR) is 103 cm³/mol. The molecule has 28 heavy (non-hydrogen) atoms. The predicted octanol–water partition coefficient (Wildman–Crippen LogP) is 3.87. The fraction of sp³-hybridized carbons (Fsp3) is 0.381. The maximum absolute atomic E-state index is 14.1. The number of hydrogen-bond donors (Lipinski definition) is 1. The number of nitrogens with one attached hydrogen (secondary N) is 1. The lowest BCUT2D eigenvalue weighted by Gasteiger charge is -2.18. The molecule has 0 saturated heterocycles. The smallest absolute Gasteiger partial charge is 0.118 e. The molecular formula is C21H20FN5O. The average Bonchev–Trinajstić information content (AvgIpc) is 3.39. The van der Waals surface area contributed by atoms with E-state index in [1.807, 2.05) is 25.1 Å². The van der Waals surface area contributed by atoms with Crippen LogP contribution in [-0.2, 0) is 11.3 Å². The summed E-state index contributed by atoms with van der Waals surface area (Å²) in [7, 11) is 0. The normalized spacial score (nSPS) is 24.5. The van der Waals surface area contributed by atoms with E-state index >= 15 is 0 Å². The van der Waals surface area contributed by atoms with Gasteiger partial charge in [0.15, 0.2) is 0 Å². The highest BCUT2D eigenvalue weighted by atomic mass is 19.1. The number of pyridine rings is 1. The number of halogens is 1. The zero-order chi connectivity index (χ0) is 19.3. The van der Waals surface area contributed by atoms with Crippen molar-refractivity contribution in [3.8, 4) is 6.07 Å². The molecule has 3 heterocycles. The van der Waals surface area contributed by atoms with Gasteiger partial charge in [-0.2, -0.15) is 5.26 Å². The Kier molecular flexibility index (Phi) is 4.02. The van der Waals surface area contributed by atoms with Crippen molar-refractivity contribution in [2.24, 2.45) is 0 Å². The summed E-state index contributed by atoms with van der Waals surface area (Å²) in [5, 5.41) is 10.2. The van der Waals surface area contributed by atoms with Crippen LogP contribution in [0.5, 0.6) is 0 Å². The second-order valence-corrected chi connectivity index (χ2v) is 7.61. The van der Waals surface area contributed by atoms with E-state index in [0.717, 1.165) is 39.9 Å². The highest BCUT2D eigenvalue weighted by Crippen LogP contribution is 2.37. The molecule has 3 aromatic rings. The monoisotopic (exact) mass is 377 g/mol. The van der Waals surface area contributed by atoms with E-state index < -0.39 is 6.17 Å². The van der Waals surface area contributed by atoms with Gasteiger partial charge in [0.1, 0.15) is 23.3 Å². The van der Waals surface area contributed by atoms with Crippen molar-refractivity contribution in [1.82, 2.24) is 20.0 Å². The van der Waals surface area contributed by atoms with Crippen molar-refractivity contribution in [2.45, 2.75) is 50.9 Å². The first kappa shape index (κ1) is 17.1. The second kappa shape index (κ2) is 6.57. The minimum Gasteiger partial charge on any atom is -0.413 e. The summed E-state index contributed by atoms with van der Waals surface area (Å²) < 4.78 is 16.2. The van der Waals surface area contributed by atoms with Crippen LogP contribution >= 0.6 is 0 Å². The zero-order valence-electron chi connectivity index (χ0n) is 15.5. The molecule has 1 N–H and O–H groups in total. The van der Waals surface area contributed by atoms with Gasteiger partial charge in [-0.25, -0.2) is 9.37 Å². The maximum Gasteiger partial charge on any atom is 0.118 e. The zero-order valence-corrected chi connectivity index (χ0v) is 15.5. The Morgan fingerprint density at radius 3 is 2.96 bits per heavy atom. The molecule has 0 spiro atoms. The summed E-state index contributed by atoms with van der Waals surface area (Å²) in [4.78, 5) is 14.7. The summed E-state index contributed by atoms with van der Waals surface area (Å²) in [5.41, 5.74) is 6.11. The molecule has 6 nitrogen and oxygen atoms in total. The number of allylic oxidation sites excluding steroid dienone is 1. The first-order valence-corrected chi connectivity index (χ1v) is 9.57. The van der Waals surface area contributed by atoms with Crippen LogP contribution in [-0.4, -0.2) is 26.7 Å². The fourth-order valence-electron chi connectivity index (χ4n) is 4.39. The molecule has 3 atom stereocenters. The van der Waals surface area contributed by atoms with Crippen LogP contribution in [0.2, 0.25) is 0 Å². The number of imidazole rings is 1. The number of aromatic nitrogens is 3. The molecule has 2 aromatic heterocycles. The van der Waals surface area contributed by atoms with E-state index in [2.05, 4.69) is 21.1 Å². The first-order valence-electron chi connectivity index (χ1n) is 9.57. The number of nitrogens with zero attached hydrogens (tertiary/aromatic N) is 4. The van der Waals surface area contributed by atoms with Crippen LogP contribution < -0.4 is 5.48 Å². The molecule has 1 unspecified atom stereocenters. The molecular weight excluding hydrogens is 357 g/mol. The highest BCUT2D eigenvalue weighted by Gasteiger charge is 2.30. The first-order chi connectivity index (χ1) is 13.6. The Bertz CT molecular complexity index is 1150. The summed E-state index contributed by atoms with van der Waals surface area (Å²) >= 11 is 0. The lowest BCUT2D eigenvalue weighted by atomic mass is 10.1. The van der Waals surface area contributed by atoms with Gasteiger partial charge in [0.25, 0.3) is 0 Å². The third-order valence-electron chi connectivity index (χ3n) is 5.63. The van der Waals surface area contributed by atoms with E-state index in [9.17, 15) is 9.65 Å². The van der Waals surface area contributed by atoms with Crippen LogP contribution in [0.25, 0.3) is 21.9 Å². The molecule has 1 aliphatic heterocycles. The molecule has 1 aromatic carbocycles. The van der Waals surface area contributed by atoms with Crippen LogP contribution in [0.1, 0.15) is 43.6 Å². The molecule has 5 rings (SSSR count). The van der Waals surface area contributed by atoms with Gasteiger partial charge < -0.3 is 9.40 Å². The third-order valence-corrected chi connectivity index (χ3v) is 5.63. The van der Waals surface area contributed by atoms with Gasteiger partial charge in [-0.3, -0.25) is 4.98 Å². The largest absolute Gasteiger partial charge is 0.413 e. The Labute approximate surface area is 161 Å². The van der Waals surface area contributed by atoms with Gasteiger partial charge in [0.05, 0.1) is 34.9 Å². The minimum atomic E-state index is -0.784. The lowest BCUT2D eigenvalue weighted by Crippen LogP contribution is -2.25. The number of hydroxylamine groups is 1. The summed E-state index contributed by atoms with van der Waals surface area (Å²) in [5.74, 6) is 1.72. The standard InChI is InChI=1S/C21H20FN5O/c1-12-6-15(26-28-12)9-20-25-19-11-24-18-5-2-13(10-23)7-17(18)21(19)27(20)16-4-3-14(22)8-16/h2,5-7,11,14-16,26H,3-4,8-9H2,1H3/t14-,15?,16+/m1/s1. The van der Waals surface area contributed by atoms with Crippen molar-refractivity contribution < 1.29 is 9.23 Å². The Morgan fingerprint density at radius 2 is 2.25 bits per heavy atom. The van der Waals surface area contributed by atoms with Crippen molar-refractivity contribution in [1.29, 1.82) is 5.26 Å². The Hall–Kier alpha value is -2.98. The van der Waals surface area contributed by atoms with E-state index in [-0.39, 0.29) is 12.1 Å². The molecule has 0 bridgehead atoms. The molecule has 1 saturated carbocycles. The average molecular weight is 377 g/mol. The minimum absolute atomic E-state index is 0.0204. The molecule has 1 aliphatic carbocycles. The molecule has 7 heteroatoms. The van der Waals surface area contributed by atoms with Crippen molar-refractivity contribution in [3.63, 3.8) is 0 Å². The van der Waals surface area contributed by atoms with Crippen LogP contribution in [0, 0.1) is 11.3 Å². The molecule has 142 valence electrons. The molecule has 2 aliphatic rings. The topological polar surface area (TPSA) is 75.8 Å². The molecule has 0 radical (unpaired) electrons. The van der Waals surface area contributed by atoms with E-state index in [1.54, 1.807) is 12.3 Å². The summed E-state index contributed by atoms with van der Waals surface area (Å²) in [6.45, 7) is 1.90. The maximum atomic E-state index is 14.1. The van der Waals surface area contributed by atoms with Crippen molar-refractivity contribution in [2.75, 3.05) is 0 Å². The number of hydrogen-bond acceptors (Lipinski definition) is 5.